The Morgan fingerprint density at radius 3 is 3.06 bits per heavy atom. The summed E-state index contributed by atoms with van der Waals surface area (Å²) in [5, 5.41) is 8.79. The van der Waals surface area contributed by atoms with Gasteiger partial charge in [-0.2, -0.15) is 5.26 Å². The first kappa shape index (κ1) is 10.5. The summed E-state index contributed by atoms with van der Waals surface area (Å²) in [7, 11) is 1.62. The lowest BCUT2D eigenvalue weighted by molar-refractivity contribution is -0.119. The molecule has 0 bridgehead atoms. The molecular formula is C11H11N3O2. The van der Waals surface area contributed by atoms with Crippen LogP contribution in [0.2, 0.25) is 0 Å². The zero-order valence-electron chi connectivity index (χ0n) is 8.80. The Morgan fingerprint density at radius 2 is 2.38 bits per heavy atom. The maximum atomic E-state index is 11.7. The Hall–Kier alpha value is -2.06. The van der Waals surface area contributed by atoms with Gasteiger partial charge in [0, 0.05) is 7.05 Å². The maximum Gasteiger partial charge on any atom is 0.247 e. The summed E-state index contributed by atoms with van der Waals surface area (Å²) in [4.78, 5) is 13.2. The molecular weight excluding hydrogens is 206 g/mol. The van der Waals surface area contributed by atoms with Crippen LogP contribution in [0.15, 0.2) is 18.2 Å². The van der Waals surface area contributed by atoms with Crippen molar-refractivity contribution in [2.24, 2.45) is 5.73 Å². The Kier molecular flexibility index (Phi) is 2.50. The SMILES string of the molecule is CN1C(=O)C(N)COc2ccc(C#N)cc21. The van der Waals surface area contributed by atoms with Crippen molar-refractivity contribution in [1.29, 1.82) is 5.26 Å². The van der Waals surface area contributed by atoms with Gasteiger partial charge >= 0.3 is 0 Å². The van der Waals surface area contributed by atoms with Crippen molar-refractivity contribution in [1.82, 2.24) is 0 Å². The highest BCUT2D eigenvalue weighted by molar-refractivity contribution is 5.98. The van der Waals surface area contributed by atoms with E-state index < -0.39 is 6.04 Å². The fraction of sp³-hybridized carbons (Fsp3) is 0.273. The van der Waals surface area contributed by atoms with E-state index in [9.17, 15) is 4.79 Å². The van der Waals surface area contributed by atoms with Crippen LogP contribution in [0.3, 0.4) is 0 Å². The smallest absolute Gasteiger partial charge is 0.247 e. The van der Waals surface area contributed by atoms with Gasteiger partial charge in [-0.3, -0.25) is 4.79 Å². The summed E-state index contributed by atoms with van der Waals surface area (Å²) in [5.74, 6) is 0.358. The molecule has 5 heteroatoms. The molecule has 0 fully saturated rings. The molecule has 2 N–H and O–H groups in total. The lowest BCUT2D eigenvalue weighted by Crippen LogP contribution is -2.43. The number of ether oxygens (including phenoxy) is 1. The first-order valence-electron chi connectivity index (χ1n) is 4.83. The minimum absolute atomic E-state index is 0.155. The summed E-state index contributed by atoms with van der Waals surface area (Å²) in [5.41, 5.74) is 6.70. The van der Waals surface area contributed by atoms with E-state index >= 15 is 0 Å². The molecule has 0 spiro atoms. The van der Waals surface area contributed by atoms with Crippen LogP contribution in [0.1, 0.15) is 5.56 Å². The number of hydrogen-bond acceptors (Lipinski definition) is 4. The van der Waals surface area contributed by atoms with Crippen molar-refractivity contribution < 1.29 is 9.53 Å². The van der Waals surface area contributed by atoms with Crippen LogP contribution in [0.5, 0.6) is 5.75 Å². The van der Waals surface area contributed by atoms with Crippen LogP contribution >= 0.6 is 0 Å². The summed E-state index contributed by atoms with van der Waals surface area (Å²) < 4.78 is 5.40. The molecule has 0 aromatic heterocycles. The van der Waals surface area contributed by atoms with Crippen molar-refractivity contribution in [3.05, 3.63) is 23.8 Å². The number of nitrogens with zero attached hydrogens (tertiary/aromatic N) is 2. The van der Waals surface area contributed by atoms with Crippen LogP contribution in [0, 0.1) is 11.3 Å². The van der Waals surface area contributed by atoms with E-state index in [0.29, 0.717) is 17.0 Å². The monoisotopic (exact) mass is 217 g/mol. The molecule has 2 rings (SSSR count). The van der Waals surface area contributed by atoms with Crippen molar-refractivity contribution in [2.75, 3.05) is 18.6 Å². The number of carbonyl (C=O) groups is 1. The van der Waals surface area contributed by atoms with Gasteiger partial charge in [0.25, 0.3) is 0 Å². The van der Waals surface area contributed by atoms with E-state index in [1.807, 2.05) is 6.07 Å². The van der Waals surface area contributed by atoms with Gasteiger partial charge in [0.15, 0.2) is 0 Å². The van der Waals surface area contributed by atoms with Crippen molar-refractivity contribution in [3.8, 4) is 11.8 Å². The van der Waals surface area contributed by atoms with Gasteiger partial charge in [-0.1, -0.05) is 0 Å². The molecule has 82 valence electrons. The van der Waals surface area contributed by atoms with Crippen LogP contribution in [0.4, 0.5) is 5.69 Å². The normalized spacial score (nSPS) is 19.4. The Labute approximate surface area is 93.0 Å². The Bertz CT molecular complexity index is 479. The second-order valence-electron chi connectivity index (χ2n) is 3.61. The average molecular weight is 217 g/mol. The Morgan fingerprint density at radius 1 is 1.62 bits per heavy atom. The molecule has 0 aliphatic carbocycles. The van der Waals surface area contributed by atoms with Crippen molar-refractivity contribution in [3.63, 3.8) is 0 Å². The van der Waals surface area contributed by atoms with Crippen molar-refractivity contribution in [2.45, 2.75) is 6.04 Å². The van der Waals surface area contributed by atoms with Crippen LogP contribution in [-0.2, 0) is 4.79 Å². The third kappa shape index (κ3) is 1.59. The maximum absolute atomic E-state index is 11.7. The average Bonchev–Trinajstić information content (AvgIpc) is 2.42. The van der Waals surface area contributed by atoms with Crippen LogP contribution in [0.25, 0.3) is 0 Å². The molecule has 0 radical (unpaired) electrons. The van der Waals surface area contributed by atoms with Crippen molar-refractivity contribution >= 4 is 11.6 Å². The Balaban J connectivity index is 2.50. The number of likely N-dealkylation sites (N-methyl/N-ethyl adjacent to an activating group) is 1. The largest absolute Gasteiger partial charge is 0.489 e. The molecule has 0 saturated carbocycles. The predicted octanol–water partition coefficient (Wildman–Crippen LogP) is 0.241. The molecule has 1 heterocycles. The second kappa shape index (κ2) is 3.83. The fourth-order valence-electron chi connectivity index (χ4n) is 1.59. The van der Waals surface area contributed by atoms with Gasteiger partial charge in [-0.25, -0.2) is 0 Å². The predicted molar refractivity (Wildman–Crippen MR) is 58.0 cm³/mol. The van der Waals surface area contributed by atoms with Gasteiger partial charge in [0.05, 0.1) is 17.3 Å². The fourth-order valence-corrected chi connectivity index (χ4v) is 1.59. The van der Waals surface area contributed by atoms with E-state index in [-0.39, 0.29) is 12.5 Å². The lowest BCUT2D eigenvalue weighted by atomic mass is 10.2. The number of anilines is 1. The zero-order chi connectivity index (χ0) is 11.7. The van der Waals surface area contributed by atoms with E-state index in [0.717, 1.165) is 0 Å². The third-order valence-corrected chi connectivity index (χ3v) is 2.52. The highest BCUT2D eigenvalue weighted by atomic mass is 16.5. The molecule has 0 saturated heterocycles. The molecule has 1 aromatic carbocycles. The topological polar surface area (TPSA) is 79.3 Å². The number of fused-ring (bicyclic) bond motifs is 1. The number of nitriles is 1. The minimum atomic E-state index is -0.664. The molecule has 1 atom stereocenters. The van der Waals surface area contributed by atoms with E-state index in [4.69, 9.17) is 15.7 Å². The lowest BCUT2D eigenvalue weighted by Gasteiger charge is -2.17. The zero-order valence-corrected chi connectivity index (χ0v) is 8.80. The van der Waals surface area contributed by atoms with E-state index in [1.165, 1.54) is 4.90 Å². The van der Waals surface area contributed by atoms with Gasteiger partial charge < -0.3 is 15.4 Å². The van der Waals surface area contributed by atoms with E-state index in [1.54, 1.807) is 25.2 Å². The van der Waals surface area contributed by atoms with Gasteiger partial charge in [-0.05, 0) is 18.2 Å². The molecule has 1 unspecified atom stereocenters. The molecule has 5 nitrogen and oxygen atoms in total. The third-order valence-electron chi connectivity index (χ3n) is 2.52. The quantitative estimate of drug-likeness (QED) is 0.675. The highest BCUT2D eigenvalue weighted by Crippen LogP contribution is 2.30. The summed E-state index contributed by atoms with van der Waals surface area (Å²) in [6.45, 7) is 0.155. The molecule has 1 aliphatic heterocycles. The first-order chi connectivity index (χ1) is 7.63. The number of carbonyl (C=O) groups excluding carboxylic acids is 1. The number of rotatable bonds is 0. The molecule has 1 aromatic rings. The first-order valence-corrected chi connectivity index (χ1v) is 4.83. The van der Waals surface area contributed by atoms with Crippen LogP contribution in [-0.4, -0.2) is 25.6 Å². The summed E-state index contributed by atoms with van der Waals surface area (Å²) >= 11 is 0. The summed E-state index contributed by atoms with van der Waals surface area (Å²) in [6.07, 6.45) is 0. The minimum Gasteiger partial charge on any atom is -0.489 e. The van der Waals surface area contributed by atoms with Crippen LogP contribution < -0.4 is 15.4 Å². The number of hydrogen-bond donors (Lipinski definition) is 1. The highest BCUT2D eigenvalue weighted by Gasteiger charge is 2.26. The molecule has 1 aliphatic rings. The second-order valence-corrected chi connectivity index (χ2v) is 3.61. The van der Waals surface area contributed by atoms with Gasteiger partial charge in [-0.15, -0.1) is 0 Å². The molecule has 1 amide bonds. The number of nitrogens with two attached hydrogens (primary N) is 1. The van der Waals surface area contributed by atoms with Gasteiger partial charge in [0.2, 0.25) is 5.91 Å². The standard InChI is InChI=1S/C11H11N3O2/c1-14-9-4-7(5-12)2-3-10(9)16-6-8(13)11(14)15/h2-4,8H,6,13H2,1H3. The number of amides is 1. The van der Waals surface area contributed by atoms with Gasteiger partial charge in [0.1, 0.15) is 18.4 Å². The molecule has 16 heavy (non-hydrogen) atoms. The number of benzene rings is 1. The van der Waals surface area contributed by atoms with E-state index in [2.05, 4.69) is 0 Å². The summed E-state index contributed by atoms with van der Waals surface area (Å²) in [6, 6.07) is 6.29.